The minimum Gasteiger partial charge on any atom is -0.456 e. The van der Waals surface area contributed by atoms with Crippen molar-refractivity contribution in [2.45, 2.75) is 11.4 Å². The van der Waals surface area contributed by atoms with E-state index in [9.17, 15) is 9.59 Å². The van der Waals surface area contributed by atoms with Gasteiger partial charge in [0.25, 0.3) is 0 Å². The molecular weight excluding hydrogens is 420 g/mol. The largest absolute Gasteiger partial charge is 0.456 e. The molecule has 0 radical (unpaired) electrons. The Morgan fingerprint density at radius 3 is 2.50 bits per heavy atom. The first kappa shape index (κ1) is 20.5. The maximum absolute atomic E-state index is 12.6. The second-order valence-electron chi connectivity index (χ2n) is 7.69. The van der Waals surface area contributed by atoms with Gasteiger partial charge in [-0.1, -0.05) is 66.7 Å². The molecule has 160 valence electrons. The third-order valence-corrected chi connectivity index (χ3v) is 6.89. The number of esters is 1. The first-order chi connectivity index (χ1) is 15.7. The normalized spacial score (nSPS) is 18.0. The van der Waals surface area contributed by atoms with Crippen LogP contribution in [0.1, 0.15) is 21.3 Å². The third-order valence-electron chi connectivity index (χ3n) is 5.64. The molecule has 2 unspecified atom stereocenters. The first-order valence-electron chi connectivity index (χ1n) is 10.5. The molecule has 1 saturated heterocycles. The molecule has 5 nitrogen and oxygen atoms in total. The Hall–Kier alpha value is -3.35. The SMILES string of the molecule is O=C(COC(=O)C1CSC(c2cccc3[nH]ccc23)N1)c1ccc(-c2ccccc2)cc1. The Kier molecular flexibility index (Phi) is 5.79. The number of hydrogen-bond acceptors (Lipinski definition) is 5. The minimum absolute atomic E-state index is 0.00767. The molecule has 3 aromatic carbocycles. The maximum Gasteiger partial charge on any atom is 0.324 e. The molecule has 0 saturated carbocycles. The van der Waals surface area contributed by atoms with Gasteiger partial charge in [0.1, 0.15) is 6.04 Å². The summed E-state index contributed by atoms with van der Waals surface area (Å²) < 4.78 is 5.34. The van der Waals surface area contributed by atoms with Gasteiger partial charge in [-0.2, -0.15) is 0 Å². The van der Waals surface area contributed by atoms with Gasteiger partial charge in [-0.15, -0.1) is 11.8 Å². The van der Waals surface area contributed by atoms with E-state index in [2.05, 4.69) is 16.4 Å². The van der Waals surface area contributed by atoms with Crippen molar-refractivity contribution in [3.63, 3.8) is 0 Å². The Labute approximate surface area is 190 Å². The number of Topliss-reactive ketones (excluding diaryl/α,β-unsaturated/α-hetero) is 1. The van der Waals surface area contributed by atoms with E-state index in [-0.39, 0.29) is 17.8 Å². The Morgan fingerprint density at radius 1 is 0.906 bits per heavy atom. The van der Waals surface area contributed by atoms with Gasteiger partial charge in [0, 0.05) is 28.4 Å². The maximum atomic E-state index is 12.6. The van der Waals surface area contributed by atoms with Gasteiger partial charge in [0.15, 0.2) is 12.4 Å². The van der Waals surface area contributed by atoms with Crippen LogP contribution in [0.15, 0.2) is 85.1 Å². The van der Waals surface area contributed by atoms with E-state index in [0.717, 1.165) is 27.6 Å². The molecule has 0 aliphatic carbocycles. The summed E-state index contributed by atoms with van der Waals surface area (Å²) in [7, 11) is 0. The predicted octanol–water partition coefficient (Wildman–Crippen LogP) is 4.96. The number of aromatic nitrogens is 1. The van der Waals surface area contributed by atoms with Gasteiger partial charge in [-0.05, 0) is 28.8 Å². The van der Waals surface area contributed by atoms with E-state index in [4.69, 9.17) is 4.74 Å². The van der Waals surface area contributed by atoms with Crippen molar-refractivity contribution in [2.24, 2.45) is 0 Å². The van der Waals surface area contributed by atoms with E-state index in [1.807, 2.05) is 66.9 Å². The van der Waals surface area contributed by atoms with E-state index in [1.165, 1.54) is 0 Å². The molecule has 2 N–H and O–H groups in total. The highest BCUT2D eigenvalue weighted by Gasteiger charge is 2.32. The standard InChI is InChI=1S/C26H22N2O3S/c29-24(19-11-9-18(10-12-19)17-5-2-1-3-6-17)15-31-26(30)23-16-32-25(28-23)21-7-4-8-22-20(21)13-14-27-22/h1-14,23,25,27-28H,15-16H2. The van der Waals surface area contributed by atoms with Crippen molar-refractivity contribution in [1.82, 2.24) is 10.3 Å². The fraction of sp³-hybridized carbons (Fsp3) is 0.154. The number of benzene rings is 3. The molecule has 0 amide bonds. The predicted molar refractivity (Wildman–Crippen MR) is 128 cm³/mol. The monoisotopic (exact) mass is 442 g/mol. The van der Waals surface area contributed by atoms with E-state index in [1.54, 1.807) is 23.9 Å². The van der Waals surface area contributed by atoms with E-state index in [0.29, 0.717) is 11.3 Å². The highest BCUT2D eigenvalue weighted by atomic mass is 32.2. The number of carbonyl (C=O) groups is 2. The molecule has 2 atom stereocenters. The van der Waals surface area contributed by atoms with Crippen LogP contribution in [-0.4, -0.2) is 35.1 Å². The first-order valence-corrected chi connectivity index (χ1v) is 11.5. The zero-order valence-corrected chi connectivity index (χ0v) is 18.1. The van der Waals surface area contributed by atoms with Crippen LogP contribution < -0.4 is 5.32 Å². The second-order valence-corrected chi connectivity index (χ2v) is 8.83. The fourth-order valence-corrected chi connectivity index (χ4v) is 5.19. The number of ketones is 1. The van der Waals surface area contributed by atoms with Crippen LogP contribution in [0.25, 0.3) is 22.0 Å². The fourth-order valence-electron chi connectivity index (χ4n) is 3.93. The zero-order valence-electron chi connectivity index (χ0n) is 17.3. The van der Waals surface area contributed by atoms with Crippen LogP contribution in [0.3, 0.4) is 0 Å². The number of rotatable bonds is 6. The number of hydrogen-bond donors (Lipinski definition) is 2. The molecule has 0 bridgehead atoms. The van der Waals surface area contributed by atoms with Crippen molar-refractivity contribution in [3.05, 3.63) is 96.2 Å². The number of carbonyl (C=O) groups excluding carboxylic acids is 2. The van der Waals surface area contributed by atoms with Crippen LogP contribution in [-0.2, 0) is 9.53 Å². The molecule has 6 heteroatoms. The number of ether oxygens (including phenoxy) is 1. The summed E-state index contributed by atoms with van der Waals surface area (Å²) in [5, 5.41) is 4.49. The molecule has 0 spiro atoms. The lowest BCUT2D eigenvalue weighted by molar-refractivity contribution is -0.144. The summed E-state index contributed by atoms with van der Waals surface area (Å²) in [6.07, 6.45) is 1.91. The van der Waals surface area contributed by atoms with Crippen molar-refractivity contribution in [2.75, 3.05) is 12.4 Å². The van der Waals surface area contributed by atoms with Crippen LogP contribution >= 0.6 is 11.8 Å². The van der Waals surface area contributed by atoms with Gasteiger partial charge in [-0.25, -0.2) is 0 Å². The third kappa shape index (κ3) is 4.20. The van der Waals surface area contributed by atoms with Crippen molar-refractivity contribution < 1.29 is 14.3 Å². The zero-order chi connectivity index (χ0) is 21.9. The number of fused-ring (bicyclic) bond motifs is 1. The average Bonchev–Trinajstić information content (AvgIpc) is 3.53. The van der Waals surface area contributed by atoms with Crippen LogP contribution in [0.4, 0.5) is 0 Å². The Balaban J connectivity index is 1.17. The Bertz CT molecular complexity index is 1250. The van der Waals surface area contributed by atoms with E-state index >= 15 is 0 Å². The van der Waals surface area contributed by atoms with Crippen molar-refractivity contribution in [3.8, 4) is 11.1 Å². The lowest BCUT2D eigenvalue weighted by Crippen LogP contribution is -2.36. The summed E-state index contributed by atoms with van der Waals surface area (Å²) >= 11 is 1.67. The molecule has 4 aromatic rings. The molecule has 1 fully saturated rings. The molecule has 32 heavy (non-hydrogen) atoms. The number of nitrogens with one attached hydrogen (secondary N) is 2. The van der Waals surface area contributed by atoms with Crippen LogP contribution in [0, 0.1) is 0 Å². The lowest BCUT2D eigenvalue weighted by atomic mass is 10.0. The quantitative estimate of drug-likeness (QED) is 0.326. The van der Waals surface area contributed by atoms with Gasteiger partial charge >= 0.3 is 5.97 Å². The average molecular weight is 443 g/mol. The van der Waals surface area contributed by atoms with Gasteiger partial charge in [-0.3, -0.25) is 14.9 Å². The topological polar surface area (TPSA) is 71.2 Å². The molecule has 2 heterocycles. The van der Waals surface area contributed by atoms with E-state index < -0.39 is 12.0 Å². The highest BCUT2D eigenvalue weighted by molar-refractivity contribution is 7.99. The molecular formula is C26H22N2O3S. The number of H-pyrrole nitrogens is 1. The van der Waals surface area contributed by atoms with Crippen molar-refractivity contribution >= 4 is 34.4 Å². The summed E-state index contributed by atoms with van der Waals surface area (Å²) in [4.78, 5) is 28.3. The highest BCUT2D eigenvalue weighted by Crippen LogP contribution is 2.36. The number of thioether (sulfide) groups is 1. The molecule has 1 aliphatic rings. The number of aromatic amines is 1. The minimum atomic E-state index is -0.438. The van der Waals surface area contributed by atoms with Gasteiger partial charge in [0.05, 0.1) is 5.37 Å². The molecule has 1 aliphatic heterocycles. The van der Waals surface area contributed by atoms with Crippen molar-refractivity contribution in [1.29, 1.82) is 0 Å². The molecule has 5 rings (SSSR count). The summed E-state index contributed by atoms with van der Waals surface area (Å²) in [5.74, 6) is -0.00247. The van der Waals surface area contributed by atoms with Crippen LogP contribution in [0.5, 0.6) is 0 Å². The lowest BCUT2D eigenvalue weighted by Gasteiger charge is -2.14. The summed E-state index contributed by atoms with van der Waals surface area (Å²) in [6.45, 7) is -0.260. The summed E-state index contributed by atoms with van der Waals surface area (Å²) in [5.41, 5.74) is 4.86. The summed E-state index contributed by atoms with van der Waals surface area (Å²) in [6, 6.07) is 25.0. The van der Waals surface area contributed by atoms with Gasteiger partial charge < -0.3 is 9.72 Å². The van der Waals surface area contributed by atoms with Gasteiger partial charge in [0.2, 0.25) is 0 Å². The molecule has 1 aromatic heterocycles. The smallest absolute Gasteiger partial charge is 0.324 e. The second kappa shape index (κ2) is 9.02. The van der Waals surface area contributed by atoms with Crippen LogP contribution in [0.2, 0.25) is 0 Å². The Morgan fingerprint density at radius 2 is 1.69 bits per heavy atom.